The zero-order valence-electron chi connectivity index (χ0n) is 14.5. The molecule has 1 aromatic heterocycles. The first-order chi connectivity index (χ1) is 11.8. The number of amides is 1. The molecule has 0 unspecified atom stereocenters. The van der Waals surface area contributed by atoms with Gasteiger partial charge >= 0.3 is 0 Å². The van der Waals surface area contributed by atoms with Crippen molar-refractivity contribution in [1.82, 2.24) is 15.1 Å². The molecule has 3 fully saturated rings. The van der Waals surface area contributed by atoms with Gasteiger partial charge in [-0.3, -0.25) is 14.6 Å². The molecule has 3 heterocycles. The fourth-order valence-corrected chi connectivity index (χ4v) is 4.91. The van der Waals surface area contributed by atoms with E-state index in [0.29, 0.717) is 18.0 Å². The van der Waals surface area contributed by atoms with E-state index in [0.717, 1.165) is 19.5 Å². The van der Waals surface area contributed by atoms with Crippen LogP contribution in [-0.4, -0.2) is 54.0 Å². The van der Waals surface area contributed by atoms with Crippen LogP contribution in [0, 0.1) is 5.92 Å². The minimum atomic E-state index is 0.225. The molecule has 0 radical (unpaired) electrons. The molecule has 1 atom stereocenters. The Morgan fingerprint density at radius 2 is 2.00 bits per heavy atom. The molecule has 0 spiro atoms. The largest absolute Gasteiger partial charge is 0.353 e. The second-order valence-electron chi connectivity index (χ2n) is 7.70. The lowest BCUT2D eigenvalue weighted by molar-refractivity contribution is -0.127. The van der Waals surface area contributed by atoms with E-state index >= 15 is 0 Å². The van der Waals surface area contributed by atoms with Crippen molar-refractivity contribution in [3.63, 3.8) is 0 Å². The maximum absolute atomic E-state index is 12.4. The molecular weight excluding hydrogens is 318 g/mol. The molecule has 5 heteroatoms. The maximum Gasteiger partial charge on any atom is 0.224 e. The van der Waals surface area contributed by atoms with Crippen LogP contribution in [0.1, 0.15) is 43.4 Å². The Labute approximate surface area is 149 Å². The molecule has 24 heavy (non-hydrogen) atoms. The Balaban J connectivity index is 1.24. The maximum atomic E-state index is 12.4. The van der Waals surface area contributed by atoms with Crippen LogP contribution >= 0.6 is 11.3 Å². The van der Waals surface area contributed by atoms with Crippen molar-refractivity contribution >= 4 is 17.2 Å². The van der Waals surface area contributed by atoms with Crippen molar-refractivity contribution in [2.45, 2.75) is 57.2 Å². The van der Waals surface area contributed by atoms with Crippen molar-refractivity contribution in [2.24, 2.45) is 5.92 Å². The molecule has 2 saturated heterocycles. The van der Waals surface area contributed by atoms with Crippen LogP contribution in [0.3, 0.4) is 0 Å². The van der Waals surface area contributed by atoms with Crippen molar-refractivity contribution in [3.8, 4) is 0 Å². The number of carbonyl (C=O) groups excluding carboxylic acids is 1. The van der Waals surface area contributed by atoms with Crippen molar-refractivity contribution < 1.29 is 4.79 Å². The van der Waals surface area contributed by atoms with E-state index < -0.39 is 0 Å². The lowest BCUT2D eigenvalue weighted by Gasteiger charge is -2.42. The number of nitrogens with zero attached hydrogens (tertiary/aromatic N) is 2. The van der Waals surface area contributed by atoms with E-state index in [4.69, 9.17) is 0 Å². The molecule has 132 valence electrons. The number of likely N-dealkylation sites (tertiary alicyclic amines) is 2. The van der Waals surface area contributed by atoms with Gasteiger partial charge in [0.25, 0.3) is 0 Å². The Morgan fingerprint density at radius 3 is 2.71 bits per heavy atom. The molecule has 4 nitrogen and oxygen atoms in total. The predicted octanol–water partition coefficient (Wildman–Crippen LogP) is 2.70. The number of nitrogens with one attached hydrogen (secondary N) is 1. The third-order valence-corrected chi connectivity index (χ3v) is 6.64. The number of hydrogen-bond acceptors (Lipinski definition) is 4. The van der Waals surface area contributed by atoms with Crippen molar-refractivity contribution in [3.05, 3.63) is 22.4 Å². The number of rotatable bonds is 5. The van der Waals surface area contributed by atoms with Gasteiger partial charge in [-0.05, 0) is 56.5 Å². The van der Waals surface area contributed by atoms with Crippen LogP contribution in [-0.2, 0) is 11.3 Å². The molecule has 0 aromatic carbocycles. The Hall–Kier alpha value is -0.910. The lowest BCUT2D eigenvalue weighted by Crippen LogP contribution is -2.50. The molecule has 1 aliphatic carbocycles. The van der Waals surface area contributed by atoms with E-state index in [9.17, 15) is 4.79 Å². The monoisotopic (exact) mass is 347 g/mol. The number of hydrogen-bond donors (Lipinski definition) is 1. The minimum absolute atomic E-state index is 0.225. The van der Waals surface area contributed by atoms with Gasteiger partial charge in [0.05, 0.1) is 5.92 Å². The summed E-state index contributed by atoms with van der Waals surface area (Å²) < 4.78 is 0. The fraction of sp³-hybridized carbons (Fsp3) is 0.737. The fourth-order valence-electron chi connectivity index (χ4n) is 4.16. The molecule has 1 N–H and O–H groups in total. The first kappa shape index (κ1) is 16.6. The van der Waals surface area contributed by atoms with Crippen LogP contribution in [0.2, 0.25) is 0 Å². The van der Waals surface area contributed by atoms with Gasteiger partial charge in [-0.15, -0.1) is 11.3 Å². The summed E-state index contributed by atoms with van der Waals surface area (Å²) in [5.41, 5.74) is 0. The van der Waals surface area contributed by atoms with Crippen LogP contribution in [0.4, 0.5) is 0 Å². The summed E-state index contributed by atoms with van der Waals surface area (Å²) in [5.74, 6) is 0.542. The Bertz CT molecular complexity index is 535. The second-order valence-corrected chi connectivity index (χ2v) is 8.74. The third kappa shape index (κ3) is 4.19. The van der Waals surface area contributed by atoms with E-state index in [1.54, 1.807) is 0 Å². The molecule has 0 bridgehead atoms. The van der Waals surface area contributed by atoms with Gasteiger partial charge in [0, 0.05) is 43.1 Å². The highest BCUT2D eigenvalue weighted by Crippen LogP contribution is 2.26. The predicted molar refractivity (Wildman–Crippen MR) is 98.1 cm³/mol. The summed E-state index contributed by atoms with van der Waals surface area (Å²) >= 11 is 1.86. The van der Waals surface area contributed by atoms with E-state index in [2.05, 4.69) is 32.6 Å². The first-order valence-electron chi connectivity index (χ1n) is 9.57. The molecule has 3 aliphatic rings. The summed E-state index contributed by atoms with van der Waals surface area (Å²) in [5, 5.41) is 5.38. The highest BCUT2D eigenvalue weighted by atomic mass is 32.1. The molecule has 1 amide bonds. The van der Waals surface area contributed by atoms with Gasteiger partial charge in [0.1, 0.15) is 0 Å². The van der Waals surface area contributed by atoms with Crippen LogP contribution in [0.15, 0.2) is 17.5 Å². The summed E-state index contributed by atoms with van der Waals surface area (Å²) in [6, 6.07) is 5.56. The SMILES string of the molecule is O=C(NC1CC1)[C@@H]1CCCN(C2CCN(Cc3cccs3)CC2)C1. The van der Waals surface area contributed by atoms with E-state index in [1.807, 2.05) is 11.3 Å². The van der Waals surface area contributed by atoms with Gasteiger partial charge in [-0.25, -0.2) is 0 Å². The second kappa shape index (κ2) is 7.54. The lowest BCUT2D eigenvalue weighted by atomic mass is 9.93. The molecular formula is C19H29N3OS. The van der Waals surface area contributed by atoms with Crippen molar-refractivity contribution in [2.75, 3.05) is 26.2 Å². The van der Waals surface area contributed by atoms with Gasteiger partial charge in [-0.1, -0.05) is 6.07 Å². The smallest absolute Gasteiger partial charge is 0.224 e. The summed E-state index contributed by atoms with van der Waals surface area (Å²) in [6.07, 6.45) is 7.13. The molecule has 1 saturated carbocycles. The number of carbonyl (C=O) groups is 1. The summed E-state index contributed by atoms with van der Waals surface area (Å²) in [6.45, 7) is 5.66. The number of thiophene rings is 1. The zero-order chi connectivity index (χ0) is 16.4. The molecule has 4 rings (SSSR count). The number of piperidine rings is 2. The van der Waals surface area contributed by atoms with Gasteiger partial charge in [0.2, 0.25) is 5.91 Å². The first-order valence-corrected chi connectivity index (χ1v) is 10.4. The van der Waals surface area contributed by atoms with Crippen LogP contribution in [0.25, 0.3) is 0 Å². The van der Waals surface area contributed by atoms with Crippen LogP contribution in [0.5, 0.6) is 0 Å². The summed E-state index contributed by atoms with van der Waals surface area (Å²) in [4.78, 5) is 19.0. The highest BCUT2D eigenvalue weighted by molar-refractivity contribution is 7.09. The Kier molecular flexibility index (Phi) is 5.20. The van der Waals surface area contributed by atoms with Crippen LogP contribution < -0.4 is 5.32 Å². The topological polar surface area (TPSA) is 35.6 Å². The quantitative estimate of drug-likeness (QED) is 0.889. The third-order valence-electron chi connectivity index (χ3n) is 5.78. The molecule has 2 aliphatic heterocycles. The minimum Gasteiger partial charge on any atom is -0.353 e. The van der Waals surface area contributed by atoms with Gasteiger partial charge in [-0.2, -0.15) is 0 Å². The average molecular weight is 348 g/mol. The normalized spacial score (nSPS) is 27.2. The van der Waals surface area contributed by atoms with Gasteiger partial charge < -0.3 is 5.32 Å². The van der Waals surface area contributed by atoms with Gasteiger partial charge in [0.15, 0.2) is 0 Å². The average Bonchev–Trinajstić information content (AvgIpc) is 3.28. The zero-order valence-corrected chi connectivity index (χ0v) is 15.3. The molecule has 1 aromatic rings. The van der Waals surface area contributed by atoms with E-state index in [-0.39, 0.29) is 5.92 Å². The van der Waals surface area contributed by atoms with Crippen molar-refractivity contribution in [1.29, 1.82) is 0 Å². The highest BCUT2D eigenvalue weighted by Gasteiger charge is 2.33. The van der Waals surface area contributed by atoms with E-state index in [1.165, 1.54) is 56.6 Å². The Morgan fingerprint density at radius 1 is 1.17 bits per heavy atom. The summed E-state index contributed by atoms with van der Waals surface area (Å²) in [7, 11) is 0. The standard InChI is InChI=1S/C19H29N3OS/c23-19(20-16-5-6-16)15-3-1-9-22(13-15)17-7-10-21(11-8-17)14-18-4-2-12-24-18/h2,4,12,15-17H,1,3,5-11,13-14H2,(H,20,23)/t15-/m1/s1.